The van der Waals surface area contributed by atoms with Gasteiger partial charge in [0.05, 0.1) is 20.4 Å². The molecule has 9 nitrogen and oxygen atoms in total. The summed E-state index contributed by atoms with van der Waals surface area (Å²) in [5.41, 5.74) is 1.49. The topological polar surface area (TPSA) is 114 Å². The van der Waals surface area contributed by atoms with E-state index in [2.05, 4.69) is 10.4 Å². The Morgan fingerprint density at radius 2 is 1.88 bits per heavy atom. The predicted molar refractivity (Wildman–Crippen MR) is 120 cm³/mol. The van der Waals surface area contributed by atoms with Crippen LogP contribution in [0.15, 0.2) is 65.8 Å². The molecule has 1 N–H and O–H groups in total. The van der Waals surface area contributed by atoms with Crippen molar-refractivity contribution in [3.05, 3.63) is 91.8 Å². The van der Waals surface area contributed by atoms with Gasteiger partial charge in [-0.05, 0) is 30.3 Å². The highest BCUT2D eigenvalue weighted by Crippen LogP contribution is 2.34. The molecule has 0 aliphatic carbocycles. The number of amides is 2. The van der Waals surface area contributed by atoms with E-state index in [-0.39, 0.29) is 22.7 Å². The molecule has 0 radical (unpaired) electrons. The number of nitro groups is 1. The van der Waals surface area contributed by atoms with Crippen molar-refractivity contribution in [2.75, 3.05) is 5.32 Å². The number of carbonyl (C=O) groups is 2. The molecular formula is C21H15ClN4O5S. The summed E-state index contributed by atoms with van der Waals surface area (Å²) in [7, 11) is 0. The fourth-order valence-corrected chi connectivity index (χ4v) is 3.97. The average Bonchev–Trinajstić information content (AvgIpc) is 3.42. The van der Waals surface area contributed by atoms with E-state index in [0.717, 1.165) is 16.3 Å². The van der Waals surface area contributed by atoms with E-state index < -0.39 is 11.2 Å². The number of hydrazone groups is 1. The van der Waals surface area contributed by atoms with E-state index in [1.807, 2.05) is 0 Å². The number of rotatable bonds is 5. The molecule has 11 heteroatoms. The average molecular weight is 471 g/mol. The van der Waals surface area contributed by atoms with Crippen molar-refractivity contribution in [3.63, 3.8) is 0 Å². The quantitative estimate of drug-likeness (QED) is 0.425. The van der Waals surface area contributed by atoms with Crippen LogP contribution < -0.4 is 5.32 Å². The Labute approximate surface area is 191 Å². The van der Waals surface area contributed by atoms with E-state index in [1.54, 1.807) is 48.5 Å². The Morgan fingerprint density at radius 1 is 1.16 bits per heavy atom. The van der Waals surface area contributed by atoms with Gasteiger partial charge in [0.25, 0.3) is 11.8 Å². The Morgan fingerprint density at radius 3 is 2.50 bits per heavy atom. The van der Waals surface area contributed by atoms with Crippen LogP contribution in [-0.2, 0) is 9.53 Å². The number of anilines is 1. The van der Waals surface area contributed by atoms with E-state index in [4.69, 9.17) is 16.3 Å². The Bertz CT molecular complexity index is 1240. The highest BCUT2D eigenvalue weighted by molar-refractivity contribution is 7.17. The van der Waals surface area contributed by atoms with Crippen molar-refractivity contribution < 1.29 is 19.2 Å². The Balaban J connectivity index is 1.51. The molecule has 1 aliphatic heterocycles. The van der Waals surface area contributed by atoms with Crippen LogP contribution in [-0.4, -0.2) is 27.6 Å². The molecule has 162 valence electrons. The minimum atomic E-state index is -0.836. The van der Waals surface area contributed by atoms with Gasteiger partial charge < -0.3 is 10.1 Å². The first-order valence-corrected chi connectivity index (χ1v) is 10.5. The van der Waals surface area contributed by atoms with Gasteiger partial charge in [-0.2, -0.15) is 5.01 Å². The van der Waals surface area contributed by atoms with Crippen molar-refractivity contribution in [1.29, 1.82) is 0 Å². The van der Waals surface area contributed by atoms with Gasteiger partial charge in [0.2, 0.25) is 12.1 Å². The fourth-order valence-electron chi connectivity index (χ4n) is 3.00. The zero-order valence-electron chi connectivity index (χ0n) is 16.5. The Hall–Kier alpha value is -3.76. The molecule has 0 saturated carbocycles. The van der Waals surface area contributed by atoms with Gasteiger partial charge in [-0.3, -0.25) is 19.7 Å². The summed E-state index contributed by atoms with van der Waals surface area (Å²) in [5, 5.41) is 19.3. The van der Waals surface area contributed by atoms with Crippen molar-refractivity contribution in [1.82, 2.24) is 5.01 Å². The first-order chi connectivity index (χ1) is 15.3. The van der Waals surface area contributed by atoms with E-state index >= 15 is 0 Å². The van der Waals surface area contributed by atoms with E-state index in [9.17, 15) is 19.7 Å². The third-order valence-electron chi connectivity index (χ3n) is 4.52. The molecule has 2 amide bonds. The SMILES string of the molecule is CC(=O)N1N=C(c2ccc([N+](=O)[O-])s2)OC1c1ccc(NC(=O)c2ccccc2Cl)cc1. The number of halogens is 1. The van der Waals surface area contributed by atoms with Gasteiger partial charge in [0.15, 0.2) is 0 Å². The lowest BCUT2D eigenvalue weighted by Crippen LogP contribution is -2.25. The molecule has 1 atom stereocenters. The first kappa shape index (κ1) is 21.5. The molecule has 0 fully saturated rings. The maximum atomic E-state index is 12.4. The fraction of sp³-hybridized carbons (Fsp3) is 0.0952. The second-order valence-corrected chi connectivity index (χ2v) is 8.16. The lowest BCUT2D eigenvalue weighted by Gasteiger charge is -2.19. The number of carbonyl (C=O) groups excluding carboxylic acids is 2. The molecule has 4 rings (SSSR count). The summed E-state index contributed by atoms with van der Waals surface area (Å²) in [4.78, 5) is 35.4. The summed E-state index contributed by atoms with van der Waals surface area (Å²) < 4.78 is 5.84. The van der Waals surface area contributed by atoms with Gasteiger partial charge in [-0.1, -0.05) is 47.2 Å². The van der Waals surface area contributed by atoms with Gasteiger partial charge >= 0.3 is 5.00 Å². The number of hydrogen-bond donors (Lipinski definition) is 1. The molecule has 3 aromatic rings. The van der Waals surface area contributed by atoms with Crippen molar-refractivity contribution in [2.45, 2.75) is 13.2 Å². The molecule has 2 aromatic carbocycles. The standard InChI is InChI=1S/C21H15ClN4O5S/c1-12(27)25-21(31-20(24-25)17-10-11-18(32-17)26(29)30)13-6-8-14(9-7-13)23-19(28)15-4-2-3-5-16(15)22/h2-11,21H,1H3,(H,23,28). The van der Waals surface area contributed by atoms with Crippen LogP contribution in [0.1, 0.15) is 34.0 Å². The lowest BCUT2D eigenvalue weighted by atomic mass is 10.1. The molecule has 0 bridgehead atoms. The summed E-state index contributed by atoms with van der Waals surface area (Å²) >= 11 is 6.97. The zero-order valence-corrected chi connectivity index (χ0v) is 18.1. The van der Waals surface area contributed by atoms with Gasteiger partial charge in [-0.15, -0.1) is 5.10 Å². The minimum absolute atomic E-state index is 0.0530. The monoisotopic (exact) mass is 470 g/mol. The summed E-state index contributed by atoms with van der Waals surface area (Å²) in [6.07, 6.45) is -0.836. The van der Waals surface area contributed by atoms with Crippen LogP contribution in [0.2, 0.25) is 5.02 Å². The van der Waals surface area contributed by atoms with Gasteiger partial charge in [0, 0.05) is 24.2 Å². The second kappa shape index (κ2) is 8.77. The highest BCUT2D eigenvalue weighted by Gasteiger charge is 2.34. The van der Waals surface area contributed by atoms with Crippen molar-refractivity contribution in [2.24, 2.45) is 5.10 Å². The molecular weight excluding hydrogens is 456 g/mol. The van der Waals surface area contributed by atoms with Crippen LogP contribution >= 0.6 is 22.9 Å². The van der Waals surface area contributed by atoms with Crippen molar-refractivity contribution >= 4 is 51.3 Å². The molecule has 0 spiro atoms. The molecule has 1 unspecified atom stereocenters. The largest absolute Gasteiger partial charge is 0.445 e. The predicted octanol–water partition coefficient (Wildman–Crippen LogP) is 4.80. The minimum Gasteiger partial charge on any atom is -0.445 e. The van der Waals surface area contributed by atoms with Crippen molar-refractivity contribution in [3.8, 4) is 0 Å². The van der Waals surface area contributed by atoms with E-state index in [0.29, 0.717) is 26.7 Å². The van der Waals surface area contributed by atoms with E-state index in [1.165, 1.54) is 19.1 Å². The number of benzene rings is 2. The zero-order chi connectivity index (χ0) is 22.8. The second-order valence-electron chi connectivity index (χ2n) is 6.69. The van der Waals surface area contributed by atoms with Gasteiger partial charge in [0.1, 0.15) is 0 Å². The van der Waals surface area contributed by atoms with Crippen LogP contribution in [0.4, 0.5) is 10.7 Å². The summed E-state index contributed by atoms with van der Waals surface area (Å²) in [6, 6.07) is 16.3. The number of hydrogen-bond acceptors (Lipinski definition) is 7. The number of thiophene rings is 1. The summed E-state index contributed by atoms with van der Waals surface area (Å²) in [5.74, 6) is -0.581. The molecule has 1 aromatic heterocycles. The molecule has 2 heterocycles. The maximum absolute atomic E-state index is 12.4. The van der Waals surface area contributed by atoms with Crippen LogP contribution in [0, 0.1) is 10.1 Å². The summed E-state index contributed by atoms with van der Waals surface area (Å²) in [6.45, 7) is 1.35. The maximum Gasteiger partial charge on any atom is 0.324 e. The third-order valence-corrected chi connectivity index (χ3v) is 5.88. The van der Waals surface area contributed by atoms with Crippen LogP contribution in [0.5, 0.6) is 0 Å². The Kier molecular flexibility index (Phi) is 5.89. The highest BCUT2D eigenvalue weighted by atomic mass is 35.5. The smallest absolute Gasteiger partial charge is 0.324 e. The van der Waals surface area contributed by atoms with Crippen LogP contribution in [0.25, 0.3) is 0 Å². The molecule has 1 aliphatic rings. The number of nitrogens with one attached hydrogen (secondary N) is 1. The lowest BCUT2D eigenvalue weighted by molar-refractivity contribution is -0.380. The number of nitrogens with zero attached hydrogens (tertiary/aromatic N) is 3. The third kappa shape index (κ3) is 4.32. The van der Waals surface area contributed by atoms with Gasteiger partial charge in [-0.25, -0.2) is 0 Å². The molecule has 32 heavy (non-hydrogen) atoms. The first-order valence-electron chi connectivity index (χ1n) is 9.29. The molecule has 0 saturated heterocycles. The number of ether oxygens (including phenoxy) is 1. The normalized spacial score (nSPS) is 15.1. The van der Waals surface area contributed by atoms with Crippen LogP contribution in [0.3, 0.4) is 0 Å².